The van der Waals surface area contributed by atoms with E-state index in [1.807, 2.05) is 0 Å². The van der Waals surface area contributed by atoms with Gasteiger partial charge in [0.15, 0.2) is 0 Å². The lowest BCUT2D eigenvalue weighted by Gasteiger charge is -2.37. The molecule has 0 aromatic heterocycles. The topological polar surface area (TPSA) is 135 Å². The molecular formula is C18H25N5O5. The first kappa shape index (κ1) is 20.1. The molecule has 1 aromatic carbocycles. The minimum absolute atomic E-state index is 0.0506. The quantitative estimate of drug-likeness (QED) is 0.456. The van der Waals surface area contributed by atoms with Crippen molar-refractivity contribution < 1.29 is 23.9 Å². The highest BCUT2D eigenvalue weighted by Gasteiger charge is 2.47. The minimum atomic E-state index is -0.932. The average molecular weight is 391 g/mol. The zero-order valence-corrected chi connectivity index (χ0v) is 15.8. The number of fused-ring (bicyclic) bond motifs is 1. The molecule has 0 bridgehead atoms. The van der Waals surface area contributed by atoms with Crippen LogP contribution >= 0.6 is 0 Å². The largest absolute Gasteiger partial charge is 0.497 e. The Morgan fingerprint density at radius 1 is 1.29 bits per heavy atom. The van der Waals surface area contributed by atoms with Crippen LogP contribution in [0.15, 0.2) is 24.3 Å². The summed E-state index contributed by atoms with van der Waals surface area (Å²) in [6.07, 6.45) is -0.360. The summed E-state index contributed by atoms with van der Waals surface area (Å²) in [5.74, 6) is -0.484. The second kappa shape index (κ2) is 8.55. The molecule has 1 aromatic rings. The van der Waals surface area contributed by atoms with Crippen LogP contribution in [0.3, 0.4) is 0 Å². The van der Waals surface area contributed by atoms with Gasteiger partial charge in [-0.2, -0.15) is 0 Å². The maximum atomic E-state index is 12.9. The first-order valence-electron chi connectivity index (χ1n) is 9.06. The smallest absolute Gasteiger partial charge is 0.252 e. The molecule has 10 nitrogen and oxygen atoms in total. The monoisotopic (exact) mass is 391 g/mol. The Morgan fingerprint density at radius 2 is 2.00 bits per heavy atom. The van der Waals surface area contributed by atoms with Gasteiger partial charge < -0.3 is 30.7 Å². The van der Waals surface area contributed by atoms with Gasteiger partial charge >= 0.3 is 0 Å². The highest BCUT2D eigenvalue weighted by Crippen LogP contribution is 2.30. The van der Waals surface area contributed by atoms with Crippen molar-refractivity contribution in [3.8, 4) is 5.75 Å². The van der Waals surface area contributed by atoms with E-state index in [2.05, 4.69) is 16.0 Å². The molecular weight excluding hydrogens is 366 g/mol. The molecule has 2 aliphatic heterocycles. The standard InChI is InChI=1S/C18H25N5O5/c1-20-15(19)17(25)22-12-9-28-14-8-7-13(23(14)18(12)26)16(24)21-10-3-5-11(27-2)6-4-10/h3-6,12-15,20H,7-9,19H2,1-2H3,(H,21,24)(H,22,25)/t12?,13?,14-,15+/m0/s1. The fraction of sp³-hybridized carbons (Fsp3) is 0.500. The molecule has 5 N–H and O–H groups in total. The Labute approximate surface area is 162 Å². The lowest BCUT2D eigenvalue weighted by molar-refractivity contribution is -0.166. The Balaban J connectivity index is 1.66. The first-order chi connectivity index (χ1) is 13.4. The van der Waals surface area contributed by atoms with Gasteiger partial charge in [0.2, 0.25) is 11.8 Å². The third-order valence-electron chi connectivity index (χ3n) is 4.91. The zero-order chi connectivity index (χ0) is 20.3. The Bertz CT molecular complexity index is 740. The molecule has 2 aliphatic rings. The Hall–Kier alpha value is -2.69. The van der Waals surface area contributed by atoms with Gasteiger partial charge in [0, 0.05) is 5.69 Å². The second-order valence-corrected chi connectivity index (χ2v) is 6.67. The molecule has 2 fully saturated rings. The number of nitrogens with one attached hydrogen (secondary N) is 3. The van der Waals surface area contributed by atoms with Crippen molar-refractivity contribution in [2.24, 2.45) is 5.73 Å². The normalized spacial score (nSPS) is 25.0. The van der Waals surface area contributed by atoms with Crippen LogP contribution in [0.5, 0.6) is 5.75 Å². The number of methoxy groups -OCH3 is 1. The van der Waals surface area contributed by atoms with Gasteiger partial charge in [-0.3, -0.25) is 19.7 Å². The van der Waals surface area contributed by atoms with Crippen LogP contribution in [0.2, 0.25) is 0 Å². The van der Waals surface area contributed by atoms with E-state index >= 15 is 0 Å². The van der Waals surface area contributed by atoms with E-state index < -0.39 is 30.4 Å². The van der Waals surface area contributed by atoms with Crippen LogP contribution in [-0.4, -0.2) is 67.9 Å². The maximum absolute atomic E-state index is 12.9. The number of carbonyl (C=O) groups is 3. The summed E-state index contributed by atoms with van der Waals surface area (Å²) in [5, 5.41) is 7.98. The van der Waals surface area contributed by atoms with Gasteiger partial charge in [0.05, 0.1) is 13.7 Å². The van der Waals surface area contributed by atoms with Crippen molar-refractivity contribution >= 4 is 23.4 Å². The number of anilines is 1. The number of nitrogens with zero attached hydrogens (tertiary/aromatic N) is 1. The average Bonchev–Trinajstić information content (AvgIpc) is 3.15. The molecule has 2 unspecified atom stereocenters. The van der Waals surface area contributed by atoms with Crippen LogP contribution in [0.4, 0.5) is 5.69 Å². The van der Waals surface area contributed by atoms with Gasteiger partial charge in [-0.1, -0.05) is 0 Å². The predicted molar refractivity (Wildman–Crippen MR) is 100 cm³/mol. The Kier molecular flexibility index (Phi) is 6.12. The molecule has 2 saturated heterocycles. The molecule has 3 rings (SSSR count). The lowest BCUT2D eigenvalue weighted by atomic mass is 10.1. The van der Waals surface area contributed by atoms with Gasteiger partial charge in [-0.05, 0) is 44.2 Å². The third-order valence-corrected chi connectivity index (χ3v) is 4.91. The van der Waals surface area contributed by atoms with Gasteiger partial charge in [-0.15, -0.1) is 0 Å². The summed E-state index contributed by atoms with van der Waals surface area (Å²) in [5.41, 5.74) is 6.21. The lowest BCUT2D eigenvalue weighted by Crippen LogP contribution is -2.63. The highest BCUT2D eigenvalue weighted by molar-refractivity contribution is 5.99. The SMILES string of the molecule is CN[C@@H](N)C(=O)NC1CO[C@H]2CCC(C(=O)Nc3ccc(OC)cc3)N2C1=O. The third kappa shape index (κ3) is 4.08. The number of nitrogens with two attached hydrogens (primary N) is 1. The summed E-state index contributed by atoms with van der Waals surface area (Å²) >= 11 is 0. The molecule has 0 aliphatic carbocycles. The number of likely N-dealkylation sites (N-methyl/N-ethyl adjacent to an activating group) is 1. The molecule has 152 valence electrons. The van der Waals surface area contributed by atoms with Crippen molar-refractivity contribution in [3.63, 3.8) is 0 Å². The van der Waals surface area contributed by atoms with Crippen LogP contribution in [0, 0.1) is 0 Å². The molecule has 0 saturated carbocycles. The summed E-state index contributed by atoms with van der Waals surface area (Å²) in [7, 11) is 3.10. The van der Waals surface area contributed by atoms with E-state index in [0.717, 1.165) is 0 Å². The van der Waals surface area contributed by atoms with Crippen molar-refractivity contribution in [2.75, 3.05) is 26.1 Å². The summed E-state index contributed by atoms with van der Waals surface area (Å²) < 4.78 is 10.8. The Morgan fingerprint density at radius 3 is 2.64 bits per heavy atom. The number of amides is 3. The molecule has 0 spiro atoms. The van der Waals surface area contributed by atoms with Gasteiger partial charge in [-0.25, -0.2) is 0 Å². The maximum Gasteiger partial charge on any atom is 0.252 e. The minimum Gasteiger partial charge on any atom is -0.497 e. The fourth-order valence-electron chi connectivity index (χ4n) is 3.35. The van der Waals surface area contributed by atoms with E-state index in [4.69, 9.17) is 15.2 Å². The molecule has 10 heteroatoms. The van der Waals surface area contributed by atoms with E-state index in [9.17, 15) is 14.4 Å². The van der Waals surface area contributed by atoms with Crippen molar-refractivity contribution in [3.05, 3.63) is 24.3 Å². The second-order valence-electron chi connectivity index (χ2n) is 6.67. The predicted octanol–water partition coefficient (Wildman–Crippen LogP) is -1.03. The zero-order valence-electron chi connectivity index (χ0n) is 15.8. The molecule has 4 atom stereocenters. The van der Waals surface area contributed by atoms with Crippen molar-refractivity contribution in [1.82, 2.24) is 15.5 Å². The number of ether oxygens (including phenoxy) is 2. The summed E-state index contributed by atoms with van der Waals surface area (Å²) in [4.78, 5) is 39.0. The molecule has 3 amide bonds. The summed E-state index contributed by atoms with van der Waals surface area (Å²) in [6.45, 7) is 0.0506. The van der Waals surface area contributed by atoms with E-state index in [1.165, 1.54) is 4.90 Å². The van der Waals surface area contributed by atoms with E-state index in [1.54, 1.807) is 38.4 Å². The molecule has 2 heterocycles. The van der Waals surface area contributed by atoms with Crippen molar-refractivity contribution in [1.29, 1.82) is 0 Å². The highest BCUT2D eigenvalue weighted by atomic mass is 16.5. The van der Waals surface area contributed by atoms with Crippen LogP contribution in [0.1, 0.15) is 12.8 Å². The van der Waals surface area contributed by atoms with E-state index in [-0.39, 0.29) is 18.4 Å². The first-order valence-corrected chi connectivity index (χ1v) is 9.06. The van der Waals surface area contributed by atoms with E-state index in [0.29, 0.717) is 24.3 Å². The summed E-state index contributed by atoms with van der Waals surface area (Å²) in [6, 6.07) is 5.37. The number of hydrogen-bond acceptors (Lipinski definition) is 7. The molecule has 0 radical (unpaired) electrons. The number of hydrogen-bond donors (Lipinski definition) is 4. The van der Waals surface area contributed by atoms with Crippen LogP contribution < -0.4 is 26.4 Å². The van der Waals surface area contributed by atoms with Crippen LogP contribution in [0.25, 0.3) is 0 Å². The van der Waals surface area contributed by atoms with Crippen molar-refractivity contribution in [2.45, 2.75) is 37.3 Å². The fourth-order valence-corrected chi connectivity index (χ4v) is 3.35. The number of benzene rings is 1. The van der Waals surface area contributed by atoms with Gasteiger partial charge in [0.1, 0.15) is 30.2 Å². The van der Waals surface area contributed by atoms with Crippen LogP contribution in [-0.2, 0) is 19.1 Å². The molecule has 28 heavy (non-hydrogen) atoms. The number of rotatable bonds is 6. The van der Waals surface area contributed by atoms with Gasteiger partial charge in [0.25, 0.3) is 5.91 Å². The number of carbonyl (C=O) groups excluding carboxylic acids is 3.